The molecule has 0 aliphatic carbocycles. The molecule has 0 fully saturated rings. The summed E-state index contributed by atoms with van der Waals surface area (Å²) in [7, 11) is 1.78. The number of amides is 1. The van der Waals surface area contributed by atoms with Gasteiger partial charge in [0.2, 0.25) is 5.91 Å². The number of carbonyl (C=O) groups excluding carboxylic acids is 1. The van der Waals surface area contributed by atoms with E-state index in [9.17, 15) is 4.79 Å². The zero-order valence-corrected chi connectivity index (χ0v) is 10.7. The standard InChI is InChI=1S/C12H18N2O.ClH/c1-9(13)12(15)14(3)10(2)11-7-5-4-6-8-11;/h4-10H,13H2,1-3H3;1H/t9-,10?;/m1./s1. The molecule has 1 aromatic carbocycles. The van der Waals surface area contributed by atoms with Crippen LogP contribution in [0, 0.1) is 0 Å². The van der Waals surface area contributed by atoms with Crippen molar-refractivity contribution in [3.8, 4) is 0 Å². The predicted octanol–water partition coefficient (Wildman–Crippen LogP) is 1.98. The third-order valence-corrected chi connectivity index (χ3v) is 2.60. The Morgan fingerprint density at radius 2 is 1.75 bits per heavy atom. The maximum absolute atomic E-state index is 11.7. The van der Waals surface area contributed by atoms with Gasteiger partial charge in [-0.25, -0.2) is 0 Å². The summed E-state index contributed by atoms with van der Waals surface area (Å²) in [5, 5.41) is 0. The second kappa shape index (κ2) is 6.51. The van der Waals surface area contributed by atoms with Crippen molar-refractivity contribution in [2.75, 3.05) is 7.05 Å². The number of hydrogen-bond acceptors (Lipinski definition) is 2. The molecular weight excluding hydrogens is 224 g/mol. The molecule has 0 heterocycles. The van der Waals surface area contributed by atoms with Crippen molar-refractivity contribution in [3.05, 3.63) is 35.9 Å². The average molecular weight is 243 g/mol. The van der Waals surface area contributed by atoms with Crippen LogP contribution in [-0.2, 0) is 4.79 Å². The van der Waals surface area contributed by atoms with E-state index >= 15 is 0 Å². The molecule has 16 heavy (non-hydrogen) atoms. The normalized spacial score (nSPS) is 13.5. The Labute approximate surface area is 103 Å². The molecule has 0 spiro atoms. The highest BCUT2D eigenvalue weighted by Gasteiger charge is 2.19. The van der Waals surface area contributed by atoms with Crippen molar-refractivity contribution in [1.82, 2.24) is 4.90 Å². The second-order valence-corrected chi connectivity index (χ2v) is 3.82. The van der Waals surface area contributed by atoms with Crippen LogP contribution in [-0.4, -0.2) is 23.9 Å². The van der Waals surface area contributed by atoms with Crippen LogP contribution in [0.25, 0.3) is 0 Å². The fraction of sp³-hybridized carbons (Fsp3) is 0.417. The fourth-order valence-electron chi connectivity index (χ4n) is 1.47. The van der Waals surface area contributed by atoms with E-state index in [-0.39, 0.29) is 24.4 Å². The van der Waals surface area contributed by atoms with Crippen LogP contribution >= 0.6 is 12.4 Å². The minimum absolute atomic E-state index is 0. The first-order valence-electron chi connectivity index (χ1n) is 5.11. The smallest absolute Gasteiger partial charge is 0.239 e. The molecular formula is C12H19ClN2O. The Hall–Kier alpha value is -1.06. The minimum Gasteiger partial charge on any atom is -0.338 e. The van der Waals surface area contributed by atoms with Gasteiger partial charge >= 0.3 is 0 Å². The van der Waals surface area contributed by atoms with Gasteiger partial charge < -0.3 is 10.6 Å². The van der Waals surface area contributed by atoms with Crippen LogP contribution in [0.15, 0.2) is 30.3 Å². The third kappa shape index (κ3) is 3.51. The van der Waals surface area contributed by atoms with Crippen molar-refractivity contribution < 1.29 is 4.79 Å². The molecule has 0 aliphatic rings. The van der Waals surface area contributed by atoms with E-state index in [1.807, 2.05) is 37.3 Å². The summed E-state index contributed by atoms with van der Waals surface area (Å²) in [6.45, 7) is 3.70. The van der Waals surface area contributed by atoms with Gasteiger partial charge in [-0.2, -0.15) is 0 Å². The lowest BCUT2D eigenvalue weighted by Crippen LogP contribution is -2.40. The van der Waals surface area contributed by atoms with Crippen LogP contribution in [0.4, 0.5) is 0 Å². The Morgan fingerprint density at radius 3 is 2.19 bits per heavy atom. The summed E-state index contributed by atoms with van der Waals surface area (Å²) in [4.78, 5) is 13.3. The van der Waals surface area contributed by atoms with Crippen LogP contribution in [0.3, 0.4) is 0 Å². The van der Waals surface area contributed by atoms with Gasteiger partial charge in [0, 0.05) is 7.05 Å². The number of nitrogens with two attached hydrogens (primary N) is 1. The first kappa shape index (κ1) is 14.9. The van der Waals surface area contributed by atoms with Crippen molar-refractivity contribution in [2.24, 2.45) is 5.73 Å². The SMILES string of the molecule is CC(c1ccccc1)N(C)C(=O)[C@@H](C)N.Cl. The van der Waals surface area contributed by atoms with Crippen molar-refractivity contribution in [1.29, 1.82) is 0 Å². The summed E-state index contributed by atoms with van der Waals surface area (Å²) in [5.41, 5.74) is 6.68. The zero-order valence-electron chi connectivity index (χ0n) is 9.88. The molecule has 4 heteroatoms. The number of carbonyl (C=O) groups is 1. The second-order valence-electron chi connectivity index (χ2n) is 3.82. The molecule has 1 amide bonds. The van der Waals surface area contributed by atoms with Crippen molar-refractivity contribution >= 4 is 18.3 Å². The van der Waals surface area contributed by atoms with Gasteiger partial charge in [-0.05, 0) is 19.4 Å². The van der Waals surface area contributed by atoms with E-state index in [0.717, 1.165) is 5.56 Å². The molecule has 2 N–H and O–H groups in total. The first-order valence-corrected chi connectivity index (χ1v) is 5.11. The number of halogens is 1. The number of nitrogens with zero attached hydrogens (tertiary/aromatic N) is 1. The molecule has 0 radical (unpaired) electrons. The quantitative estimate of drug-likeness (QED) is 0.881. The molecule has 0 aliphatic heterocycles. The molecule has 3 nitrogen and oxygen atoms in total. The summed E-state index contributed by atoms with van der Waals surface area (Å²) in [6.07, 6.45) is 0. The Morgan fingerprint density at radius 1 is 1.25 bits per heavy atom. The lowest BCUT2D eigenvalue weighted by molar-refractivity contribution is -0.132. The molecule has 90 valence electrons. The largest absolute Gasteiger partial charge is 0.338 e. The number of rotatable bonds is 3. The number of likely N-dealkylation sites (N-methyl/N-ethyl adjacent to an activating group) is 1. The Bertz CT molecular complexity index is 327. The van der Waals surface area contributed by atoms with E-state index in [0.29, 0.717) is 0 Å². The van der Waals surface area contributed by atoms with Gasteiger partial charge in [-0.1, -0.05) is 30.3 Å². The van der Waals surface area contributed by atoms with Gasteiger partial charge in [0.05, 0.1) is 12.1 Å². The van der Waals surface area contributed by atoms with Gasteiger partial charge in [0.1, 0.15) is 0 Å². The fourth-order valence-corrected chi connectivity index (χ4v) is 1.47. The average Bonchev–Trinajstić information content (AvgIpc) is 2.27. The van der Waals surface area contributed by atoms with Crippen molar-refractivity contribution in [2.45, 2.75) is 25.9 Å². The Balaban J connectivity index is 0.00000225. The molecule has 1 aromatic rings. The maximum Gasteiger partial charge on any atom is 0.239 e. The minimum atomic E-state index is -0.443. The maximum atomic E-state index is 11.7. The van der Waals surface area contributed by atoms with Crippen molar-refractivity contribution in [3.63, 3.8) is 0 Å². The molecule has 2 atom stereocenters. The highest BCUT2D eigenvalue weighted by Crippen LogP contribution is 2.18. The zero-order chi connectivity index (χ0) is 11.4. The van der Waals surface area contributed by atoms with Gasteiger partial charge in [0.25, 0.3) is 0 Å². The predicted molar refractivity (Wildman–Crippen MR) is 68.5 cm³/mol. The number of hydrogen-bond donors (Lipinski definition) is 1. The van der Waals surface area contributed by atoms with E-state index < -0.39 is 6.04 Å². The Kier molecular flexibility index (Phi) is 6.08. The van der Waals surface area contributed by atoms with E-state index in [1.165, 1.54) is 0 Å². The van der Waals surface area contributed by atoms with Crippen LogP contribution in [0.2, 0.25) is 0 Å². The highest BCUT2D eigenvalue weighted by molar-refractivity contribution is 5.85. The number of benzene rings is 1. The molecule has 0 bridgehead atoms. The summed E-state index contributed by atoms with van der Waals surface area (Å²) < 4.78 is 0. The molecule has 1 unspecified atom stereocenters. The summed E-state index contributed by atoms with van der Waals surface area (Å²) in [6, 6.07) is 9.53. The lowest BCUT2D eigenvalue weighted by Gasteiger charge is -2.26. The molecule has 0 saturated carbocycles. The topological polar surface area (TPSA) is 46.3 Å². The van der Waals surface area contributed by atoms with Crippen LogP contribution < -0.4 is 5.73 Å². The van der Waals surface area contributed by atoms with E-state index in [4.69, 9.17) is 5.73 Å². The van der Waals surface area contributed by atoms with Crippen LogP contribution in [0.1, 0.15) is 25.5 Å². The summed E-state index contributed by atoms with van der Waals surface area (Å²) in [5.74, 6) is -0.0358. The van der Waals surface area contributed by atoms with Crippen LogP contribution in [0.5, 0.6) is 0 Å². The van der Waals surface area contributed by atoms with E-state index in [1.54, 1.807) is 18.9 Å². The first-order chi connectivity index (χ1) is 7.04. The molecule has 0 aromatic heterocycles. The molecule has 1 rings (SSSR count). The highest BCUT2D eigenvalue weighted by atomic mass is 35.5. The lowest BCUT2D eigenvalue weighted by atomic mass is 10.1. The third-order valence-electron chi connectivity index (χ3n) is 2.60. The monoisotopic (exact) mass is 242 g/mol. The van der Waals surface area contributed by atoms with E-state index in [2.05, 4.69) is 0 Å². The molecule has 0 saturated heterocycles. The summed E-state index contributed by atoms with van der Waals surface area (Å²) >= 11 is 0. The van der Waals surface area contributed by atoms with Gasteiger partial charge in [-0.15, -0.1) is 12.4 Å². The van der Waals surface area contributed by atoms with Gasteiger partial charge in [0.15, 0.2) is 0 Å². The van der Waals surface area contributed by atoms with Gasteiger partial charge in [-0.3, -0.25) is 4.79 Å².